The second kappa shape index (κ2) is 12.6. The molecule has 0 spiro atoms. The first-order valence-electron chi connectivity index (χ1n) is 6.19. The van der Waals surface area contributed by atoms with Crippen molar-refractivity contribution in [3.8, 4) is 0 Å². The maximum atomic E-state index is 5.81. The summed E-state index contributed by atoms with van der Waals surface area (Å²) in [6.07, 6.45) is 5.83. The van der Waals surface area contributed by atoms with Gasteiger partial charge >= 0.3 is 9.28 Å². The van der Waals surface area contributed by atoms with Crippen molar-refractivity contribution in [3.63, 3.8) is 0 Å². The van der Waals surface area contributed by atoms with Gasteiger partial charge in [0.1, 0.15) is 0 Å². The van der Waals surface area contributed by atoms with Crippen molar-refractivity contribution in [1.29, 1.82) is 0 Å². The minimum absolute atomic E-state index is 0.881. The lowest BCUT2D eigenvalue weighted by Gasteiger charge is -2.16. The van der Waals surface area contributed by atoms with Gasteiger partial charge in [0.25, 0.3) is 0 Å². The Hall–Kier alpha value is 0.487. The second-order valence-electron chi connectivity index (χ2n) is 3.74. The molecule has 2 nitrogen and oxygen atoms in total. The molecule has 0 aliphatic carbocycles. The quantitative estimate of drug-likeness (QED) is 0.345. The van der Waals surface area contributed by atoms with Crippen LogP contribution >= 0.6 is 12.6 Å². The summed E-state index contributed by atoms with van der Waals surface area (Å²) in [4.78, 5) is 0. The van der Waals surface area contributed by atoms with Gasteiger partial charge in [0, 0.05) is 13.2 Å². The number of rotatable bonds is 11. The molecule has 0 unspecified atom stereocenters. The van der Waals surface area contributed by atoms with Gasteiger partial charge in [0.15, 0.2) is 0 Å². The van der Waals surface area contributed by atoms with E-state index in [-0.39, 0.29) is 0 Å². The largest absolute Gasteiger partial charge is 0.397 e. The van der Waals surface area contributed by atoms with Gasteiger partial charge in [0.2, 0.25) is 0 Å². The molecule has 0 aromatic carbocycles. The van der Waals surface area contributed by atoms with Crippen molar-refractivity contribution >= 4 is 21.9 Å². The maximum Gasteiger partial charge on any atom is 0.321 e. The molecule has 0 aromatic rings. The minimum Gasteiger partial charge on any atom is -0.397 e. The van der Waals surface area contributed by atoms with Gasteiger partial charge in [-0.25, -0.2) is 0 Å². The first-order chi connectivity index (χ1) is 7.35. The Morgan fingerprint density at radius 3 is 1.87 bits per heavy atom. The third-order valence-corrected chi connectivity index (χ3v) is 4.61. The molecule has 0 heterocycles. The molecular weight excluding hydrogens is 224 g/mol. The average molecular weight is 250 g/mol. The normalized spacial score (nSPS) is 11.2. The summed E-state index contributed by atoms with van der Waals surface area (Å²) < 4.78 is 11.6. The lowest BCUT2D eigenvalue weighted by molar-refractivity contribution is 0.191. The monoisotopic (exact) mass is 250 g/mol. The molecule has 92 valence electrons. The van der Waals surface area contributed by atoms with E-state index in [1.807, 2.05) is 0 Å². The SMILES string of the molecule is CCCCO[SiH](CCCS)OCCCC. The molecular formula is C11H26O2SSi. The number of thiol groups is 1. The van der Waals surface area contributed by atoms with E-state index in [1.165, 1.54) is 12.8 Å². The highest BCUT2D eigenvalue weighted by Gasteiger charge is 2.11. The summed E-state index contributed by atoms with van der Waals surface area (Å²) in [5.74, 6) is 0.942. The predicted octanol–water partition coefficient (Wildman–Crippen LogP) is 3.16. The summed E-state index contributed by atoms with van der Waals surface area (Å²) >= 11 is 4.23. The summed E-state index contributed by atoms with van der Waals surface area (Å²) in [6, 6.07) is 1.11. The van der Waals surface area contributed by atoms with Crippen LogP contribution in [-0.2, 0) is 8.85 Å². The Labute approximate surface area is 102 Å². The van der Waals surface area contributed by atoms with Crippen molar-refractivity contribution in [2.45, 2.75) is 52.0 Å². The van der Waals surface area contributed by atoms with E-state index in [2.05, 4.69) is 26.5 Å². The number of unbranched alkanes of at least 4 members (excludes halogenated alkanes) is 2. The molecule has 0 N–H and O–H groups in total. The Morgan fingerprint density at radius 1 is 0.933 bits per heavy atom. The first kappa shape index (κ1) is 15.5. The summed E-state index contributed by atoms with van der Waals surface area (Å²) in [6.45, 7) is 6.13. The molecule has 4 heteroatoms. The van der Waals surface area contributed by atoms with Crippen LogP contribution < -0.4 is 0 Å². The minimum atomic E-state index is -1.36. The van der Waals surface area contributed by atoms with E-state index in [0.29, 0.717) is 0 Å². The third-order valence-electron chi connectivity index (χ3n) is 2.20. The lowest BCUT2D eigenvalue weighted by Crippen LogP contribution is -2.24. The van der Waals surface area contributed by atoms with Crippen LogP contribution in [0.15, 0.2) is 0 Å². The molecule has 0 aliphatic rings. The Morgan fingerprint density at radius 2 is 1.47 bits per heavy atom. The van der Waals surface area contributed by atoms with Crippen LogP contribution in [0.5, 0.6) is 0 Å². The zero-order valence-corrected chi connectivity index (χ0v) is 12.3. The van der Waals surface area contributed by atoms with E-state index in [0.717, 1.165) is 44.3 Å². The van der Waals surface area contributed by atoms with Gasteiger partial charge in [-0.3, -0.25) is 0 Å². The molecule has 0 saturated carbocycles. The Bertz CT molecular complexity index is 115. The summed E-state index contributed by atoms with van der Waals surface area (Å²) in [5, 5.41) is 0. The van der Waals surface area contributed by atoms with E-state index in [1.54, 1.807) is 0 Å². The van der Waals surface area contributed by atoms with Gasteiger partial charge in [-0.05, 0) is 31.1 Å². The summed E-state index contributed by atoms with van der Waals surface area (Å²) in [5.41, 5.74) is 0. The van der Waals surface area contributed by atoms with Crippen molar-refractivity contribution < 1.29 is 8.85 Å². The van der Waals surface area contributed by atoms with E-state index in [4.69, 9.17) is 8.85 Å². The topological polar surface area (TPSA) is 18.5 Å². The highest BCUT2D eigenvalue weighted by Crippen LogP contribution is 2.05. The first-order valence-corrected chi connectivity index (χ1v) is 8.58. The zero-order chi connectivity index (χ0) is 11.4. The van der Waals surface area contributed by atoms with Crippen molar-refractivity contribution in [2.75, 3.05) is 19.0 Å². The molecule has 0 fully saturated rings. The van der Waals surface area contributed by atoms with Gasteiger partial charge in [-0.15, -0.1) is 0 Å². The van der Waals surface area contributed by atoms with Crippen LogP contribution in [0.3, 0.4) is 0 Å². The average Bonchev–Trinajstić information content (AvgIpc) is 2.25. The van der Waals surface area contributed by atoms with Crippen LogP contribution in [0.25, 0.3) is 0 Å². The second-order valence-corrected chi connectivity index (χ2v) is 6.29. The van der Waals surface area contributed by atoms with E-state index >= 15 is 0 Å². The smallest absolute Gasteiger partial charge is 0.321 e. The molecule has 0 atom stereocenters. The molecule has 0 amide bonds. The molecule has 0 radical (unpaired) electrons. The highest BCUT2D eigenvalue weighted by molar-refractivity contribution is 7.80. The fourth-order valence-corrected chi connectivity index (χ4v) is 3.54. The molecule has 0 saturated heterocycles. The third kappa shape index (κ3) is 10.8. The lowest BCUT2D eigenvalue weighted by atomic mass is 10.4. The van der Waals surface area contributed by atoms with Gasteiger partial charge in [0.05, 0.1) is 0 Å². The van der Waals surface area contributed by atoms with Crippen LogP contribution in [-0.4, -0.2) is 28.3 Å². The highest BCUT2D eigenvalue weighted by atomic mass is 32.1. The van der Waals surface area contributed by atoms with Crippen LogP contribution in [0.2, 0.25) is 6.04 Å². The van der Waals surface area contributed by atoms with Gasteiger partial charge < -0.3 is 8.85 Å². The van der Waals surface area contributed by atoms with Gasteiger partial charge in [-0.1, -0.05) is 26.7 Å². The fraction of sp³-hybridized carbons (Fsp3) is 1.00. The molecule has 15 heavy (non-hydrogen) atoms. The van der Waals surface area contributed by atoms with Crippen LogP contribution in [0.1, 0.15) is 46.0 Å². The van der Waals surface area contributed by atoms with Crippen molar-refractivity contribution in [2.24, 2.45) is 0 Å². The Balaban J connectivity index is 3.53. The van der Waals surface area contributed by atoms with Crippen LogP contribution in [0.4, 0.5) is 0 Å². The summed E-state index contributed by atoms with van der Waals surface area (Å²) in [7, 11) is -1.36. The van der Waals surface area contributed by atoms with Gasteiger partial charge in [-0.2, -0.15) is 12.6 Å². The molecule has 0 aromatic heterocycles. The predicted molar refractivity (Wildman–Crippen MR) is 72.1 cm³/mol. The van der Waals surface area contributed by atoms with Crippen LogP contribution in [0, 0.1) is 0 Å². The van der Waals surface area contributed by atoms with Crippen molar-refractivity contribution in [3.05, 3.63) is 0 Å². The molecule has 0 aliphatic heterocycles. The Kier molecular flexibility index (Phi) is 13.0. The van der Waals surface area contributed by atoms with Crippen molar-refractivity contribution in [1.82, 2.24) is 0 Å². The number of hydrogen-bond acceptors (Lipinski definition) is 3. The fourth-order valence-electron chi connectivity index (χ4n) is 1.19. The molecule has 0 bridgehead atoms. The van der Waals surface area contributed by atoms with E-state index < -0.39 is 9.28 Å². The zero-order valence-electron chi connectivity index (χ0n) is 10.2. The maximum absolute atomic E-state index is 5.81. The number of hydrogen-bond donors (Lipinski definition) is 1. The van der Waals surface area contributed by atoms with E-state index in [9.17, 15) is 0 Å². The molecule has 0 rings (SSSR count). The standard InChI is InChI=1S/C11H26O2SSi/c1-3-5-8-12-15(11-7-10-14)13-9-6-4-2/h14-15H,3-11H2,1-2H3.